The number of hydrogen-bond donors (Lipinski definition) is 0. The lowest BCUT2D eigenvalue weighted by atomic mass is 10.2. The molecule has 0 aliphatic heterocycles. The summed E-state index contributed by atoms with van der Waals surface area (Å²) in [6.07, 6.45) is -3.22. The number of hydrogen-bond acceptors (Lipinski definition) is 5. The molecule has 0 atom stereocenters. The van der Waals surface area contributed by atoms with Crippen LogP contribution in [0, 0.1) is 0 Å². The Bertz CT molecular complexity index is 979. The number of benzene rings is 2. The van der Waals surface area contributed by atoms with Gasteiger partial charge in [-0.3, -0.25) is 4.79 Å². The molecule has 0 aliphatic carbocycles. The van der Waals surface area contributed by atoms with Crippen LogP contribution in [-0.4, -0.2) is 39.8 Å². The van der Waals surface area contributed by atoms with Gasteiger partial charge in [-0.15, -0.1) is 5.10 Å². The maximum absolute atomic E-state index is 13.0. The van der Waals surface area contributed by atoms with E-state index in [-0.39, 0.29) is 12.3 Å². The second-order valence-corrected chi connectivity index (χ2v) is 6.06. The van der Waals surface area contributed by atoms with Gasteiger partial charge >= 0.3 is 6.18 Å². The van der Waals surface area contributed by atoms with Crippen molar-refractivity contribution in [3.05, 3.63) is 59.4 Å². The van der Waals surface area contributed by atoms with Gasteiger partial charge in [-0.05, 0) is 40.8 Å². The molecule has 7 nitrogen and oxygen atoms in total. The molecule has 1 heterocycles. The number of likely N-dealkylation sites (N-methyl/N-ethyl adjacent to an activating group) is 1. The van der Waals surface area contributed by atoms with E-state index in [1.54, 1.807) is 24.3 Å². The quantitative estimate of drug-likeness (QED) is 0.643. The van der Waals surface area contributed by atoms with E-state index in [0.29, 0.717) is 11.4 Å². The lowest BCUT2D eigenvalue weighted by Gasteiger charge is -2.19. The van der Waals surface area contributed by atoms with E-state index in [1.165, 1.54) is 24.1 Å². The smallest absolute Gasteiger partial charge is 0.417 e. The molecule has 0 saturated carbocycles. The number of halogens is 4. The van der Waals surface area contributed by atoms with Crippen LogP contribution in [0.25, 0.3) is 5.69 Å². The average molecular weight is 412 g/mol. The number of ether oxygens (including phenoxy) is 1. The number of carbonyl (C=O) groups is 1. The van der Waals surface area contributed by atoms with Crippen LogP contribution in [0.15, 0.2) is 48.8 Å². The third-order valence-corrected chi connectivity index (χ3v) is 4.14. The largest absolute Gasteiger partial charge is 0.484 e. The zero-order chi connectivity index (χ0) is 20.3. The first-order valence-electron chi connectivity index (χ1n) is 7.85. The third kappa shape index (κ3) is 4.39. The highest BCUT2D eigenvalue weighted by molar-refractivity contribution is 6.31. The summed E-state index contributed by atoms with van der Waals surface area (Å²) in [6, 6.07) is 9.92. The first kappa shape index (κ1) is 19.6. The number of nitrogens with zero attached hydrogens (tertiary/aromatic N) is 5. The molecule has 0 aliphatic rings. The number of rotatable bonds is 5. The van der Waals surface area contributed by atoms with Crippen LogP contribution in [0.1, 0.15) is 5.56 Å². The second kappa shape index (κ2) is 7.85. The number of alkyl halides is 3. The fourth-order valence-corrected chi connectivity index (χ4v) is 2.55. The molecule has 146 valence electrons. The van der Waals surface area contributed by atoms with Crippen LogP contribution in [0.2, 0.25) is 5.02 Å². The van der Waals surface area contributed by atoms with Gasteiger partial charge in [0.15, 0.2) is 6.61 Å². The van der Waals surface area contributed by atoms with Gasteiger partial charge in [0.25, 0.3) is 5.91 Å². The zero-order valence-corrected chi connectivity index (χ0v) is 15.1. The minimum Gasteiger partial charge on any atom is -0.484 e. The third-order valence-electron chi connectivity index (χ3n) is 3.81. The number of amides is 1. The van der Waals surface area contributed by atoms with Gasteiger partial charge in [-0.1, -0.05) is 17.7 Å². The van der Waals surface area contributed by atoms with Crippen molar-refractivity contribution in [2.75, 3.05) is 18.6 Å². The summed E-state index contributed by atoms with van der Waals surface area (Å²) in [6.45, 7) is -0.375. The Morgan fingerprint density at radius 2 is 2.04 bits per heavy atom. The fourth-order valence-electron chi connectivity index (χ4n) is 2.32. The zero-order valence-electron chi connectivity index (χ0n) is 14.4. The van der Waals surface area contributed by atoms with Crippen molar-refractivity contribution in [3.63, 3.8) is 0 Å². The Balaban J connectivity index is 1.69. The molecule has 3 rings (SSSR count). The summed E-state index contributed by atoms with van der Waals surface area (Å²) in [7, 11) is 1.35. The molecule has 0 fully saturated rings. The summed E-state index contributed by atoms with van der Waals surface area (Å²) in [5.41, 5.74) is -0.343. The van der Waals surface area contributed by atoms with E-state index in [0.717, 1.165) is 17.0 Å². The van der Waals surface area contributed by atoms with Gasteiger partial charge in [0, 0.05) is 18.8 Å². The molecule has 0 bridgehead atoms. The Morgan fingerprint density at radius 3 is 2.71 bits per heavy atom. The molecule has 1 aromatic heterocycles. The summed E-state index contributed by atoms with van der Waals surface area (Å²) in [4.78, 5) is 13.4. The van der Waals surface area contributed by atoms with Crippen LogP contribution in [-0.2, 0) is 11.0 Å². The molecule has 0 unspecified atom stereocenters. The maximum atomic E-state index is 13.0. The van der Waals surface area contributed by atoms with E-state index in [2.05, 4.69) is 15.5 Å². The van der Waals surface area contributed by atoms with E-state index < -0.39 is 22.7 Å². The first-order chi connectivity index (χ1) is 13.3. The predicted octanol–water partition coefficient (Wildman–Crippen LogP) is 3.38. The van der Waals surface area contributed by atoms with Gasteiger partial charge in [0.1, 0.15) is 12.1 Å². The highest BCUT2D eigenvalue weighted by Crippen LogP contribution is 2.36. The first-order valence-corrected chi connectivity index (χ1v) is 8.23. The van der Waals surface area contributed by atoms with Gasteiger partial charge in [-0.2, -0.15) is 13.2 Å². The highest BCUT2D eigenvalue weighted by Gasteiger charge is 2.33. The average Bonchev–Trinajstić information content (AvgIpc) is 3.20. The van der Waals surface area contributed by atoms with Crippen LogP contribution in [0.3, 0.4) is 0 Å². The van der Waals surface area contributed by atoms with Crippen molar-refractivity contribution in [1.82, 2.24) is 20.2 Å². The van der Waals surface area contributed by atoms with Crippen LogP contribution < -0.4 is 9.64 Å². The maximum Gasteiger partial charge on any atom is 0.417 e. The van der Waals surface area contributed by atoms with E-state index >= 15 is 0 Å². The Hall–Kier alpha value is -3.14. The van der Waals surface area contributed by atoms with Crippen molar-refractivity contribution < 1.29 is 22.7 Å². The number of carbonyl (C=O) groups excluding carboxylic acids is 1. The number of tetrazole rings is 1. The molecule has 28 heavy (non-hydrogen) atoms. The van der Waals surface area contributed by atoms with Crippen molar-refractivity contribution in [2.24, 2.45) is 0 Å². The molecule has 0 saturated heterocycles. The van der Waals surface area contributed by atoms with Crippen molar-refractivity contribution in [3.8, 4) is 11.4 Å². The van der Waals surface area contributed by atoms with Gasteiger partial charge in [0.2, 0.25) is 0 Å². The summed E-state index contributed by atoms with van der Waals surface area (Å²) >= 11 is 5.60. The SMILES string of the molecule is CN(C(=O)COc1cccc(-n2cnnn2)c1)c1ccc(Cl)c(C(F)(F)F)c1. The molecular weight excluding hydrogens is 399 g/mol. The lowest BCUT2D eigenvalue weighted by Crippen LogP contribution is -2.31. The summed E-state index contributed by atoms with van der Waals surface area (Å²) < 4.78 is 45.8. The van der Waals surface area contributed by atoms with Crippen molar-refractivity contribution >= 4 is 23.2 Å². The molecule has 0 radical (unpaired) electrons. The molecule has 3 aromatic rings. The van der Waals surface area contributed by atoms with Gasteiger partial charge in [-0.25, -0.2) is 4.68 Å². The number of aromatic nitrogens is 4. The molecule has 2 aromatic carbocycles. The molecule has 0 N–H and O–H groups in total. The molecular formula is C17H13ClF3N5O2. The second-order valence-electron chi connectivity index (χ2n) is 5.66. The Kier molecular flexibility index (Phi) is 5.50. The summed E-state index contributed by atoms with van der Waals surface area (Å²) in [5.74, 6) is -0.162. The highest BCUT2D eigenvalue weighted by atomic mass is 35.5. The number of anilines is 1. The van der Waals surface area contributed by atoms with E-state index in [1.807, 2.05) is 0 Å². The van der Waals surface area contributed by atoms with Crippen LogP contribution in [0.4, 0.5) is 18.9 Å². The Labute approximate surface area is 162 Å². The van der Waals surface area contributed by atoms with Crippen molar-refractivity contribution in [1.29, 1.82) is 0 Å². The predicted molar refractivity (Wildman–Crippen MR) is 94.5 cm³/mol. The molecule has 11 heteroatoms. The lowest BCUT2D eigenvalue weighted by molar-refractivity contribution is -0.137. The molecule has 0 spiro atoms. The minimum absolute atomic E-state index is 0.0489. The monoisotopic (exact) mass is 411 g/mol. The van der Waals surface area contributed by atoms with Gasteiger partial charge < -0.3 is 9.64 Å². The van der Waals surface area contributed by atoms with Crippen LogP contribution >= 0.6 is 11.6 Å². The van der Waals surface area contributed by atoms with E-state index in [9.17, 15) is 18.0 Å². The summed E-state index contributed by atoms with van der Waals surface area (Å²) in [5, 5.41) is 10.4. The molecule has 1 amide bonds. The Morgan fingerprint density at radius 1 is 1.25 bits per heavy atom. The standard InChI is InChI=1S/C17H13ClF3N5O2/c1-25(11-5-6-15(18)14(8-11)17(19,20)21)16(27)9-28-13-4-2-3-12(7-13)26-10-22-23-24-26/h2-8,10H,9H2,1H3. The normalized spacial score (nSPS) is 11.3. The van der Waals surface area contributed by atoms with E-state index in [4.69, 9.17) is 16.3 Å². The fraction of sp³-hybridized carbons (Fsp3) is 0.176. The topological polar surface area (TPSA) is 73.1 Å². The minimum atomic E-state index is -4.62. The van der Waals surface area contributed by atoms with Crippen molar-refractivity contribution in [2.45, 2.75) is 6.18 Å². The van der Waals surface area contributed by atoms with Crippen LogP contribution in [0.5, 0.6) is 5.75 Å². The van der Waals surface area contributed by atoms with Gasteiger partial charge in [0.05, 0.1) is 16.3 Å².